The van der Waals surface area contributed by atoms with Gasteiger partial charge in [-0.05, 0) is 31.0 Å². The van der Waals surface area contributed by atoms with Gasteiger partial charge in [-0.3, -0.25) is 0 Å². The molecule has 18 heavy (non-hydrogen) atoms. The van der Waals surface area contributed by atoms with Crippen molar-refractivity contribution < 1.29 is 9.13 Å². The highest BCUT2D eigenvalue weighted by molar-refractivity contribution is 5.50. The molecular formula is C14H17FN2O. The van der Waals surface area contributed by atoms with Gasteiger partial charge in [0, 0.05) is 25.4 Å². The molecule has 0 saturated carbocycles. The first kappa shape index (κ1) is 12.8. The zero-order valence-electron chi connectivity index (χ0n) is 10.5. The van der Waals surface area contributed by atoms with E-state index in [1.165, 1.54) is 12.1 Å². The minimum absolute atomic E-state index is 0.0943. The van der Waals surface area contributed by atoms with Gasteiger partial charge in [0.15, 0.2) is 0 Å². The van der Waals surface area contributed by atoms with E-state index in [0.29, 0.717) is 0 Å². The van der Waals surface area contributed by atoms with Crippen LogP contribution in [0.4, 0.5) is 10.1 Å². The van der Waals surface area contributed by atoms with Crippen LogP contribution >= 0.6 is 0 Å². The van der Waals surface area contributed by atoms with Gasteiger partial charge >= 0.3 is 0 Å². The SMILES string of the molecule is CCC1CN(c2ccc(C#N)c(F)c2)CCCO1. The summed E-state index contributed by atoms with van der Waals surface area (Å²) in [5.74, 6) is -0.451. The molecule has 3 nitrogen and oxygen atoms in total. The lowest BCUT2D eigenvalue weighted by Crippen LogP contribution is -2.31. The normalized spacial score (nSPS) is 20.3. The quantitative estimate of drug-likeness (QED) is 0.807. The second kappa shape index (κ2) is 5.83. The Bertz CT molecular complexity index is 456. The molecule has 0 radical (unpaired) electrons. The van der Waals surface area contributed by atoms with E-state index in [-0.39, 0.29) is 11.7 Å². The van der Waals surface area contributed by atoms with Crippen LogP contribution in [0.3, 0.4) is 0 Å². The highest BCUT2D eigenvalue weighted by Gasteiger charge is 2.18. The lowest BCUT2D eigenvalue weighted by Gasteiger charge is -2.25. The van der Waals surface area contributed by atoms with Gasteiger partial charge in [0.2, 0.25) is 0 Å². The summed E-state index contributed by atoms with van der Waals surface area (Å²) in [4.78, 5) is 2.13. The minimum atomic E-state index is -0.451. The molecule has 1 aromatic rings. The van der Waals surface area contributed by atoms with Gasteiger partial charge in [-0.2, -0.15) is 5.26 Å². The standard InChI is InChI=1S/C14H17FN2O/c1-2-13-10-17(6-3-7-18-13)12-5-4-11(9-16)14(15)8-12/h4-5,8,13H,2-3,6-7,10H2,1H3. The average molecular weight is 248 g/mol. The summed E-state index contributed by atoms with van der Waals surface area (Å²) in [6, 6.07) is 6.62. The Labute approximate surface area is 107 Å². The van der Waals surface area contributed by atoms with Crippen LogP contribution in [0.15, 0.2) is 18.2 Å². The first-order chi connectivity index (χ1) is 8.74. The van der Waals surface area contributed by atoms with E-state index < -0.39 is 5.82 Å². The van der Waals surface area contributed by atoms with Gasteiger partial charge in [-0.1, -0.05) is 6.92 Å². The van der Waals surface area contributed by atoms with Gasteiger partial charge in [-0.15, -0.1) is 0 Å². The number of benzene rings is 1. The fraction of sp³-hybridized carbons (Fsp3) is 0.500. The van der Waals surface area contributed by atoms with Gasteiger partial charge in [0.25, 0.3) is 0 Å². The van der Waals surface area contributed by atoms with Crippen LogP contribution in [0.1, 0.15) is 25.3 Å². The summed E-state index contributed by atoms with van der Waals surface area (Å²) in [5.41, 5.74) is 0.923. The maximum absolute atomic E-state index is 13.6. The maximum atomic E-state index is 13.6. The third-order valence-corrected chi connectivity index (χ3v) is 3.24. The summed E-state index contributed by atoms with van der Waals surface area (Å²) < 4.78 is 19.3. The molecule has 0 amide bonds. The maximum Gasteiger partial charge on any atom is 0.143 e. The molecule has 1 aliphatic heterocycles. The van der Waals surface area contributed by atoms with Crippen LogP contribution in [0.2, 0.25) is 0 Å². The van der Waals surface area contributed by atoms with E-state index >= 15 is 0 Å². The largest absolute Gasteiger partial charge is 0.376 e. The molecule has 0 aromatic heterocycles. The zero-order valence-corrected chi connectivity index (χ0v) is 10.5. The first-order valence-corrected chi connectivity index (χ1v) is 6.30. The van der Waals surface area contributed by atoms with E-state index in [2.05, 4.69) is 11.8 Å². The Balaban J connectivity index is 2.19. The Kier molecular flexibility index (Phi) is 4.16. The lowest BCUT2D eigenvalue weighted by molar-refractivity contribution is 0.0664. The van der Waals surface area contributed by atoms with Crippen molar-refractivity contribution in [3.05, 3.63) is 29.6 Å². The number of hydrogen-bond acceptors (Lipinski definition) is 3. The number of anilines is 1. The number of rotatable bonds is 2. The third-order valence-electron chi connectivity index (χ3n) is 3.24. The van der Waals surface area contributed by atoms with Crippen LogP contribution in [0, 0.1) is 17.1 Å². The fourth-order valence-corrected chi connectivity index (χ4v) is 2.17. The second-order valence-corrected chi connectivity index (χ2v) is 4.48. The number of nitriles is 1. The first-order valence-electron chi connectivity index (χ1n) is 6.30. The highest BCUT2D eigenvalue weighted by atomic mass is 19.1. The predicted molar refractivity (Wildman–Crippen MR) is 68.0 cm³/mol. The van der Waals surface area contributed by atoms with Crippen LogP contribution < -0.4 is 4.90 Å². The lowest BCUT2D eigenvalue weighted by atomic mass is 10.1. The van der Waals surface area contributed by atoms with Crippen molar-refractivity contribution in [1.29, 1.82) is 5.26 Å². The molecule has 1 atom stereocenters. The second-order valence-electron chi connectivity index (χ2n) is 4.48. The average Bonchev–Trinajstić information content (AvgIpc) is 2.64. The molecule has 1 heterocycles. The van der Waals surface area contributed by atoms with Crippen molar-refractivity contribution in [3.63, 3.8) is 0 Å². The van der Waals surface area contributed by atoms with Crippen LogP contribution in [0.5, 0.6) is 0 Å². The van der Waals surface area contributed by atoms with Gasteiger partial charge < -0.3 is 9.64 Å². The molecule has 0 N–H and O–H groups in total. The summed E-state index contributed by atoms with van der Waals surface area (Å²) in [5, 5.41) is 8.72. The van der Waals surface area contributed by atoms with E-state index in [1.807, 2.05) is 6.07 Å². The van der Waals surface area contributed by atoms with E-state index in [1.54, 1.807) is 6.07 Å². The molecule has 96 valence electrons. The summed E-state index contributed by atoms with van der Waals surface area (Å²) in [7, 11) is 0. The predicted octanol–water partition coefficient (Wildman–Crippen LogP) is 2.70. The van der Waals surface area contributed by atoms with Crippen molar-refractivity contribution in [2.24, 2.45) is 0 Å². The van der Waals surface area contributed by atoms with E-state index in [4.69, 9.17) is 10.00 Å². The van der Waals surface area contributed by atoms with Crippen LogP contribution in [-0.4, -0.2) is 25.8 Å². The number of hydrogen-bond donors (Lipinski definition) is 0. The van der Waals surface area contributed by atoms with Gasteiger partial charge in [0.1, 0.15) is 11.9 Å². The van der Waals surface area contributed by atoms with Crippen LogP contribution in [0.25, 0.3) is 0 Å². The number of halogens is 1. The molecule has 1 aromatic carbocycles. The van der Waals surface area contributed by atoms with Crippen molar-refractivity contribution in [1.82, 2.24) is 0 Å². The Morgan fingerprint density at radius 3 is 3.06 bits per heavy atom. The van der Waals surface area contributed by atoms with Gasteiger partial charge in [-0.25, -0.2) is 4.39 Å². The smallest absolute Gasteiger partial charge is 0.143 e. The number of nitrogens with zero attached hydrogens (tertiary/aromatic N) is 2. The molecular weight excluding hydrogens is 231 g/mol. The minimum Gasteiger partial charge on any atom is -0.376 e. The topological polar surface area (TPSA) is 36.3 Å². The Morgan fingerprint density at radius 1 is 1.56 bits per heavy atom. The van der Waals surface area contributed by atoms with E-state index in [9.17, 15) is 4.39 Å². The molecule has 0 aliphatic carbocycles. The fourth-order valence-electron chi connectivity index (χ4n) is 2.17. The molecule has 1 unspecified atom stereocenters. The molecule has 2 rings (SSSR count). The molecule has 1 aliphatic rings. The van der Waals surface area contributed by atoms with Crippen molar-refractivity contribution in [3.8, 4) is 6.07 Å². The molecule has 0 spiro atoms. The Hall–Kier alpha value is -1.60. The monoisotopic (exact) mass is 248 g/mol. The van der Waals surface area contributed by atoms with Crippen molar-refractivity contribution in [2.45, 2.75) is 25.9 Å². The number of ether oxygens (including phenoxy) is 1. The Morgan fingerprint density at radius 2 is 2.39 bits per heavy atom. The molecule has 4 heteroatoms. The third kappa shape index (κ3) is 2.80. The zero-order chi connectivity index (χ0) is 13.0. The van der Waals surface area contributed by atoms with Crippen LogP contribution in [-0.2, 0) is 4.74 Å². The summed E-state index contributed by atoms with van der Waals surface area (Å²) in [6.45, 7) is 4.49. The van der Waals surface area contributed by atoms with Crippen molar-refractivity contribution in [2.75, 3.05) is 24.6 Å². The van der Waals surface area contributed by atoms with Crippen molar-refractivity contribution >= 4 is 5.69 Å². The molecule has 0 bridgehead atoms. The molecule has 1 fully saturated rings. The molecule has 1 saturated heterocycles. The van der Waals surface area contributed by atoms with E-state index in [0.717, 1.165) is 38.2 Å². The van der Waals surface area contributed by atoms with Gasteiger partial charge in [0.05, 0.1) is 11.7 Å². The highest BCUT2D eigenvalue weighted by Crippen LogP contribution is 2.21. The summed E-state index contributed by atoms with van der Waals surface area (Å²) >= 11 is 0. The summed E-state index contributed by atoms with van der Waals surface area (Å²) in [6.07, 6.45) is 2.10.